The third kappa shape index (κ3) is 3.62. The fourth-order valence-corrected chi connectivity index (χ4v) is 5.09. The van der Waals surface area contributed by atoms with Crippen molar-refractivity contribution < 1.29 is 13.2 Å². The third-order valence-corrected chi connectivity index (χ3v) is 6.37. The van der Waals surface area contributed by atoms with E-state index in [2.05, 4.69) is 0 Å². The van der Waals surface area contributed by atoms with Gasteiger partial charge in [-0.25, -0.2) is 12.7 Å². The average Bonchev–Trinajstić information content (AvgIpc) is 2.81. The van der Waals surface area contributed by atoms with E-state index in [9.17, 15) is 13.2 Å². The van der Waals surface area contributed by atoms with Gasteiger partial charge in [0.15, 0.2) is 0 Å². The van der Waals surface area contributed by atoms with Crippen molar-refractivity contribution in [2.24, 2.45) is 0 Å². The highest BCUT2D eigenvalue weighted by molar-refractivity contribution is 7.89. The zero-order valence-corrected chi connectivity index (χ0v) is 13.2. The quantitative estimate of drug-likeness (QED) is 0.845. The summed E-state index contributed by atoms with van der Waals surface area (Å²) in [4.78, 5) is 11.8. The lowest BCUT2D eigenvalue weighted by atomic mass is 10.1. The van der Waals surface area contributed by atoms with E-state index in [1.807, 2.05) is 0 Å². The molecule has 2 heterocycles. The van der Waals surface area contributed by atoms with Gasteiger partial charge in [0.05, 0.1) is 14.4 Å². The predicted octanol–water partition coefficient (Wildman–Crippen LogP) is 2.94. The molecule has 1 aromatic heterocycles. The average molecular weight is 342 g/mol. The van der Waals surface area contributed by atoms with Gasteiger partial charge in [-0.05, 0) is 30.9 Å². The summed E-state index contributed by atoms with van der Waals surface area (Å²) in [6.45, 7) is 0.312. The molecule has 2 rings (SSSR count). The second kappa shape index (κ2) is 5.99. The van der Waals surface area contributed by atoms with Gasteiger partial charge in [0.1, 0.15) is 0 Å². The Balaban J connectivity index is 1.86. The van der Waals surface area contributed by atoms with E-state index in [4.69, 9.17) is 23.2 Å². The molecule has 0 saturated carbocycles. The maximum Gasteiger partial charge on any atom is 0.237 e. The standard InChI is InChI=1S/C11H13Cl2NO3S2/c12-9-7-8(11(13)18-9)3-1-4-10(15)14-5-2-6-19(14,16)17/h7H,1-6H2. The number of sulfonamides is 1. The van der Waals surface area contributed by atoms with Crippen LogP contribution in [0.15, 0.2) is 6.07 Å². The molecular formula is C11H13Cl2NO3S2. The van der Waals surface area contributed by atoms with Crippen LogP contribution in [-0.2, 0) is 21.2 Å². The lowest BCUT2D eigenvalue weighted by Gasteiger charge is -2.14. The van der Waals surface area contributed by atoms with E-state index in [0.29, 0.717) is 34.5 Å². The van der Waals surface area contributed by atoms with E-state index >= 15 is 0 Å². The Morgan fingerprint density at radius 2 is 2.16 bits per heavy atom. The number of carbonyl (C=O) groups is 1. The Morgan fingerprint density at radius 1 is 1.42 bits per heavy atom. The molecule has 0 aliphatic carbocycles. The van der Waals surface area contributed by atoms with Crippen LogP contribution >= 0.6 is 34.5 Å². The number of halogens is 2. The lowest BCUT2D eigenvalue weighted by Crippen LogP contribution is -2.32. The summed E-state index contributed by atoms with van der Waals surface area (Å²) >= 11 is 13.1. The van der Waals surface area contributed by atoms with Gasteiger partial charge >= 0.3 is 0 Å². The Kier molecular flexibility index (Phi) is 4.76. The van der Waals surface area contributed by atoms with Crippen molar-refractivity contribution in [1.29, 1.82) is 0 Å². The summed E-state index contributed by atoms with van der Waals surface area (Å²) in [6.07, 6.45) is 1.93. The number of hydrogen-bond acceptors (Lipinski definition) is 4. The molecule has 0 spiro atoms. The lowest BCUT2D eigenvalue weighted by molar-refractivity contribution is -0.126. The smallest absolute Gasteiger partial charge is 0.237 e. The maximum absolute atomic E-state index is 11.8. The van der Waals surface area contributed by atoms with Crippen LogP contribution < -0.4 is 0 Å². The number of amides is 1. The number of carbonyl (C=O) groups excluding carboxylic acids is 1. The molecule has 0 aromatic carbocycles. The Labute approximate surface area is 126 Å². The largest absolute Gasteiger partial charge is 0.274 e. The Bertz CT molecular complexity index is 583. The summed E-state index contributed by atoms with van der Waals surface area (Å²) < 4.78 is 25.4. The molecule has 1 aliphatic heterocycles. The third-order valence-electron chi connectivity index (χ3n) is 2.94. The molecule has 0 atom stereocenters. The van der Waals surface area contributed by atoms with Crippen LogP contribution in [0.4, 0.5) is 0 Å². The van der Waals surface area contributed by atoms with Gasteiger partial charge in [-0.15, -0.1) is 11.3 Å². The molecule has 0 N–H and O–H groups in total. The highest BCUT2D eigenvalue weighted by atomic mass is 35.5. The van der Waals surface area contributed by atoms with Gasteiger partial charge < -0.3 is 0 Å². The molecule has 0 unspecified atom stereocenters. The van der Waals surface area contributed by atoms with Crippen LogP contribution in [0.3, 0.4) is 0 Å². The molecule has 1 fully saturated rings. The van der Waals surface area contributed by atoms with Gasteiger partial charge in [-0.3, -0.25) is 4.79 Å². The van der Waals surface area contributed by atoms with Crippen molar-refractivity contribution in [3.05, 3.63) is 20.3 Å². The molecule has 1 aromatic rings. The van der Waals surface area contributed by atoms with Crippen LogP contribution in [0.5, 0.6) is 0 Å². The van der Waals surface area contributed by atoms with Gasteiger partial charge in [-0.1, -0.05) is 23.2 Å². The van der Waals surface area contributed by atoms with Crippen molar-refractivity contribution in [3.8, 4) is 0 Å². The van der Waals surface area contributed by atoms with Gasteiger partial charge in [-0.2, -0.15) is 0 Å². The normalized spacial score (nSPS) is 17.9. The SMILES string of the molecule is O=C(CCCc1cc(Cl)sc1Cl)N1CCCS1(=O)=O. The Hall–Kier alpha value is -0.300. The molecule has 1 aliphatic rings. The first-order valence-electron chi connectivity index (χ1n) is 5.87. The highest BCUT2D eigenvalue weighted by Crippen LogP contribution is 2.32. The number of nitrogens with zero attached hydrogens (tertiary/aromatic N) is 1. The molecule has 1 amide bonds. The van der Waals surface area contributed by atoms with Crippen LogP contribution in [0.2, 0.25) is 8.67 Å². The number of rotatable bonds is 4. The highest BCUT2D eigenvalue weighted by Gasteiger charge is 2.31. The van der Waals surface area contributed by atoms with E-state index in [1.54, 1.807) is 6.07 Å². The topological polar surface area (TPSA) is 54.5 Å². The maximum atomic E-state index is 11.8. The van der Waals surface area contributed by atoms with Gasteiger partial charge in [0, 0.05) is 13.0 Å². The van der Waals surface area contributed by atoms with Crippen molar-refractivity contribution in [1.82, 2.24) is 4.31 Å². The summed E-state index contributed by atoms with van der Waals surface area (Å²) in [5.41, 5.74) is 0.911. The monoisotopic (exact) mass is 341 g/mol. The van der Waals surface area contributed by atoms with Crippen LogP contribution in [0, 0.1) is 0 Å². The minimum Gasteiger partial charge on any atom is -0.274 e. The molecule has 4 nitrogen and oxygen atoms in total. The number of aryl methyl sites for hydroxylation is 1. The zero-order valence-electron chi connectivity index (χ0n) is 10.1. The number of hydrogen-bond donors (Lipinski definition) is 0. The van der Waals surface area contributed by atoms with Crippen molar-refractivity contribution in [2.75, 3.05) is 12.3 Å². The van der Waals surface area contributed by atoms with Crippen molar-refractivity contribution in [2.45, 2.75) is 25.7 Å². The fourth-order valence-electron chi connectivity index (χ4n) is 2.02. The molecule has 8 heteroatoms. The molecule has 1 saturated heterocycles. The first-order chi connectivity index (χ1) is 8.90. The first kappa shape index (κ1) is 15.1. The molecule has 19 heavy (non-hydrogen) atoms. The second-order valence-electron chi connectivity index (χ2n) is 4.34. The van der Waals surface area contributed by atoms with Gasteiger partial charge in [0.25, 0.3) is 0 Å². The first-order valence-corrected chi connectivity index (χ1v) is 9.05. The van der Waals surface area contributed by atoms with E-state index < -0.39 is 10.0 Å². The summed E-state index contributed by atoms with van der Waals surface area (Å²) in [5, 5.41) is 0. The number of thiophene rings is 1. The Morgan fingerprint density at radius 3 is 2.68 bits per heavy atom. The van der Waals surface area contributed by atoms with Crippen LogP contribution in [0.25, 0.3) is 0 Å². The van der Waals surface area contributed by atoms with Crippen LogP contribution in [-0.4, -0.2) is 30.9 Å². The fraction of sp³-hybridized carbons (Fsp3) is 0.545. The summed E-state index contributed by atoms with van der Waals surface area (Å²) in [5.74, 6) is -0.250. The van der Waals surface area contributed by atoms with E-state index in [1.165, 1.54) is 11.3 Å². The van der Waals surface area contributed by atoms with E-state index in [-0.39, 0.29) is 18.1 Å². The van der Waals surface area contributed by atoms with Gasteiger partial charge in [0.2, 0.25) is 15.9 Å². The summed E-state index contributed by atoms with van der Waals surface area (Å²) in [7, 11) is -3.35. The molecule has 0 bridgehead atoms. The minimum absolute atomic E-state index is 0.0741. The molecule has 106 valence electrons. The molecule has 0 radical (unpaired) electrons. The van der Waals surface area contributed by atoms with Crippen molar-refractivity contribution >= 4 is 50.5 Å². The summed E-state index contributed by atoms with van der Waals surface area (Å²) in [6, 6.07) is 1.78. The minimum atomic E-state index is -3.35. The van der Waals surface area contributed by atoms with Crippen LogP contribution in [0.1, 0.15) is 24.8 Å². The van der Waals surface area contributed by atoms with Crippen molar-refractivity contribution in [3.63, 3.8) is 0 Å². The zero-order chi connectivity index (χ0) is 14.0. The van der Waals surface area contributed by atoms with E-state index in [0.717, 1.165) is 9.87 Å². The second-order valence-corrected chi connectivity index (χ2v) is 8.64. The molecular weight excluding hydrogens is 329 g/mol. The predicted molar refractivity (Wildman–Crippen MR) is 77.4 cm³/mol.